The number of carbonyl (C=O) groups excluding carboxylic acids is 4. The number of hydrogen-bond donors (Lipinski definition) is 5. The number of allylic oxidation sites excluding steroid dienone is 4. The summed E-state index contributed by atoms with van der Waals surface area (Å²) in [6.07, 6.45) is 49.2. The third-order valence-corrected chi connectivity index (χ3v) is 43.0. The first-order valence-corrected chi connectivity index (χ1v) is 50.7. The van der Waals surface area contributed by atoms with Crippen molar-refractivity contribution in [1.82, 2.24) is 0 Å². The topological polar surface area (TPSA) is 220 Å². The number of hydrogen-bond acceptors (Lipinski definition) is 13. The lowest BCUT2D eigenvalue weighted by atomic mass is 9.44. The fourth-order valence-corrected chi connectivity index (χ4v) is 35.2. The maximum absolute atomic E-state index is 12.1. The summed E-state index contributed by atoms with van der Waals surface area (Å²) in [5.74, 6) is 15.5. The van der Waals surface area contributed by atoms with Crippen molar-refractivity contribution in [3.63, 3.8) is 0 Å². The van der Waals surface area contributed by atoms with E-state index < -0.39 is 23.4 Å². The van der Waals surface area contributed by atoms with E-state index in [0.717, 1.165) is 99.7 Å². The van der Waals surface area contributed by atoms with E-state index in [9.17, 15) is 44.7 Å². The minimum absolute atomic E-state index is 0.111. The molecule has 13 nitrogen and oxygen atoms in total. The van der Waals surface area contributed by atoms with Gasteiger partial charge in [0.15, 0.2) is 17.3 Å². The number of aliphatic hydroxyl groups excluding tert-OH is 3. The fraction of sp³-hybridized carbons (Fsp3) is 0.889. The van der Waals surface area contributed by atoms with Crippen LogP contribution in [0.4, 0.5) is 0 Å². The second-order valence-corrected chi connectivity index (χ2v) is 50.7. The molecule has 4 aliphatic heterocycles. The smallest absolute Gasteiger partial charge is 0.156 e. The molecule has 0 aromatic carbocycles. The molecule has 0 bridgehead atoms. The van der Waals surface area contributed by atoms with Crippen molar-refractivity contribution in [2.75, 3.05) is 0 Å². The Morgan fingerprint density at radius 1 is 0.413 bits per heavy atom. The summed E-state index contributed by atoms with van der Waals surface area (Å²) in [6, 6.07) is 0. The van der Waals surface area contributed by atoms with Crippen LogP contribution in [0.5, 0.6) is 0 Å². The van der Waals surface area contributed by atoms with Gasteiger partial charge in [0.2, 0.25) is 0 Å². The van der Waals surface area contributed by atoms with Gasteiger partial charge in [-0.3, -0.25) is 19.2 Å². The van der Waals surface area contributed by atoms with Gasteiger partial charge in [0.1, 0.15) is 18.0 Å². The predicted molar refractivity (Wildman–Crippen MR) is 477 cm³/mol. The van der Waals surface area contributed by atoms with E-state index in [4.69, 9.17) is 18.9 Å². The van der Waals surface area contributed by atoms with Crippen molar-refractivity contribution in [2.45, 2.75) is 434 Å². The monoisotopic (exact) mass is 1670 g/mol. The summed E-state index contributed by atoms with van der Waals surface area (Å²) in [5, 5.41) is 52.2. The van der Waals surface area contributed by atoms with E-state index in [1.54, 1.807) is 27.7 Å². The normalized spacial score (nSPS) is 49.3. The highest BCUT2D eigenvalue weighted by Crippen LogP contribution is 2.75. The molecule has 12 saturated carbocycles. The number of aliphatic hydroxyl groups is 5. The van der Waals surface area contributed by atoms with E-state index in [2.05, 4.69) is 123 Å². The average molecular weight is 1670 g/mol. The van der Waals surface area contributed by atoms with E-state index in [1.807, 2.05) is 18.2 Å². The van der Waals surface area contributed by atoms with Crippen molar-refractivity contribution in [3.05, 3.63) is 47.1 Å². The Morgan fingerprint density at radius 3 is 1.20 bits per heavy atom. The fourth-order valence-electron chi connectivity index (χ4n) is 35.2. The molecule has 4 heterocycles. The molecule has 0 amide bonds. The number of epoxide rings is 4. The lowest BCUT2D eigenvalue weighted by Gasteiger charge is -2.62. The number of rotatable bonds is 18. The molecule has 121 heavy (non-hydrogen) atoms. The Balaban J connectivity index is 0.000000115. The summed E-state index contributed by atoms with van der Waals surface area (Å²) >= 11 is 0. The van der Waals surface area contributed by atoms with Gasteiger partial charge in [0.25, 0.3) is 0 Å². The van der Waals surface area contributed by atoms with Crippen molar-refractivity contribution < 1.29 is 63.7 Å². The SMILES string of the molecule is C[C@H](CCC(O)C(C)(C)O)[C@H]1CC[C@H]2[C@@H]3C4OC4C4=CC(=O)CC[C@]4(C)[C@H]3CC[C@]12C.C[C@H](CCC(O)C(C)(C)O)[C@H]1CC[C@H]2[C@@H]3C=CC4=CC(=O)CC[C@]4(C)[C@H]3CC[C@]12C.C[C@H](CCC1OC1(C)C)[C@H]1CC[C@H]2[C@@H]3C(O)C[C@@H]4CC(=O)CC[C@]4(C)[C@H]3CC[C@]12C.C[C@H](CCC1OC1(C)C)[C@H]1CC[C@H]2[C@@H]3C4OC4C4=CC(=O)CC[C@]4(C)[C@H]3CC[C@]12C. The van der Waals surface area contributed by atoms with Gasteiger partial charge in [-0.05, 0) is 444 Å². The highest BCUT2D eigenvalue weighted by Gasteiger charge is 2.73. The molecule has 38 atom stereocenters. The Labute approximate surface area is 731 Å². The first kappa shape index (κ1) is 90.2. The summed E-state index contributed by atoms with van der Waals surface area (Å²) in [5.41, 5.74) is 4.54. The summed E-state index contributed by atoms with van der Waals surface area (Å²) in [7, 11) is 0. The number of ether oxygens (including phenoxy) is 4. The molecule has 16 aliphatic carbocycles. The van der Waals surface area contributed by atoms with E-state index in [1.165, 1.54) is 145 Å². The molecule has 0 aromatic heterocycles. The van der Waals surface area contributed by atoms with Crippen LogP contribution in [-0.4, -0.2) is 126 Å². The van der Waals surface area contributed by atoms with Crippen LogP contribution in [0.1, 0.15) is 357 Å². The Kier molecular flexibility index (Phi) is 23.7. The van der Waals surface area contributed by atoms with Crippen LogP contribution in [-0.2, 0) is 38.1 Å². The molecule has 20 aliphatic rings. The molecule has 4 saturated heterocycles. The van der Waals surface area contributed by atoms with Crippen LogP contribution in [0.15, 0.2) is 47.1 Å². The molecule has 0 radical (unpaired) electrons. The number of fused-ring (bicyclic) bond motifs is 26. The first-order chi connectivity index (χ1) is 56.6. The van der Waals surface area contributed by atoms with Gasteiger partial charge < -0.3 is 44.5 Å². The van der Waals surface area contributed by atoms with Crippen molar-refractivity contribution in [3.8, 4) is 0 Å². The van der Waals surface area contributed by atoms with E-state index >= 15 is 0 Å². The van der Waals surface area contributed by atoms with Crippen LogP contribution in [0, 0.1) is 168 Å². The molecule has 9 unspecified atom stereocenters. The minimum Gasteiger partial charge on any atom is -0.393 e. The van der Waals surface area contributed by atoms with Gasteiger partial charge in [-0.25, -0.2) is 0 Å². The van der Waals surface area contributed by atoms with Crippen LogP contribution in [0.3, 0.4) is 0 Å². The molecular formula is C108H168O13. The lowest BCUT2D eigenvalue weighted by molar-refractivity contribution is -0.168. The molecule has 5 N–H and O–H groups in total. The Morgan fingerprint density at radius 2 is 0.777 bits per heavy atom. The molecule has 13 heteroatoms. The van der Waals surface area contributed by atoms with E-state index in [0.29, 0.717) is 184 Å². The third kappa shape index (κ3) is 15.6. The summed E-state index contributed by atoms with van der Waals surface area (Å²) in [6.45, 7) is 45.5. The van der Waals surface area contributed by atoms with Gasteiger partial charge in [-0.15, -0.1) is 0 Å². The molecule has 20 rings (SSSR count). The second kappa shape index (κ2) is 31.8. The van der Waals surface area contributed by atoms with Gasteiger partial charge in [0, 0.05) is 32.1 Å². The van der Waals surface area contributed by atoms with E-state index in [-0.39, 0.29) is 51.2 Å². The predicted octanol–water partition coefficient (Wildman–Crippen LogP) is 21.6. The lowest BCUT2D eigenvalue weighted by Crippen LogP contribution is -2.58. The Hall–Kier alpha value is -2.72. The minimum atomic E-state index is -1.03. The highest BCUT2D eigenvalue weighted by molar-refractivity contribution is 5.93. The molecule has 16 fully saturated rings. The summed E-state index contributed by atoms with van der Waals surface area (Å²) in [4.78, 5) is 48.4. The summed E-state index contributed by atoms with van der Waals surface area (Å²) < 4.78 is 24.4. The standard InChI is InChI=1S/C27H42O4.C27H40O3.C27H44O3.C27H42O3/c1-15(6-9-21(29)25(2,3)30)17-7-8-18-22-19(11-13-26(17,18)4)27(5)12-10-16(28)14-20(27)23-24(22)31-23;1-15(6-9-21-25(2,3)30-21)17-7-8-18-22-19(11-13-26(17,18)4)27(5)12-10-16(28)14-20(27)23-24(22)29-23;1-16(6-9-23-25(2,3)30-23)19-7-8-20-24-21(11-13-27(19,20)5)26(4)12-10-18(28)14-17(26)15-22(24)29;1-17(6-11-24(29)25(2,3)30)21-9-10-22-20-8-7-18-16-19(28)12-14-26(18,4)23(20)13-15-27(21,22)5/h14-15,17-19,21-24,29-30H,6-13H2,1-5H3;14-15,17-19,21-24H,6-13H2,1-5H3;16-17,19-24,29H,6-15H2,1-5H3;7-8,16-17,20-24,29-30H,6,9-15H2,1-5H3/t2*15-,17-,18+,19+,21?,22+,23?,24?,26-,27-;16-,17+,19-,20+,21+,22?,23?,24+,26+,27-;17-,20+,21-,22+,23+,24?,26+,27-/m1111/s1. The van der Waals surface area contributed by atoms with Gasteiger partial charge >= 0.3 is 0 Å². The first-order valence-electron chi connectivity index (χ1n) is 50.7. The zero-order valence-electron chi connectivity index (χ0n) is 79.3. The maximum Gasteiger partial charge on any atom is 0.156 e. The van der Waals surface area contributed by atoms with Crippen LogP contribution < -0.4 is 0 Å². The molecule has 0 aromatic rings. The van der Waals surface area contributed by atoms with Crippen LogP contribution in [0.2, 0.25) is 0 Å². The number of ketones is 4. The van der Waals surface area contributed by atoms with Gasteiger partial charge in [-0.2, -0.15) is 0 Å². The number of Topliss-reactive ketones (excluding diaryl/α,β-unsaturated/α-hetero) is 1. The van der Waals surface area contributed by atoms with Crippen LogP contribution >= 0.6 is 0 Å². The zero-order valence-corrected chi connectivity index (χ0v) is 79.3. The Bertz CT molecular complexity index is 4030. The van der Waals surface area contributed by atoms with Crippen molar-refractivity contribution in [2.24, 2.45) is 168 Å². The maximum atomic E-state index is 12.1. The van der Waals surface area contributed by atoms with Crippen LogP contribution in [0.25, 0.3) is 0 Å². The second-order valence-electron chi connectivity index (χ2n) is 50.7. The quantitative estimate of drug-likeness (QED) is 0.0808. The average Bonchev–Trinajstić information content (AvgIpc) is 1.53. The molecular weight excluding hydrogens is 1510 g/mol. The van der Waals surface area contributed by atoms with Crippen molar-refractivity contribution in [1.29, 1.82) is 0 Å². The number of carbonyl (C=O) groups is 4. The van der Waals surface area contributed by atoms with Gasteiger partial charge in [-0.1, -0.05) is 95.2 Å². The van der Waals surface area contributed by atoms with Crippen molar-refractivity contribution >= 4 is 23.1 Å². The van der Waals surface area contributed by atoms with Gasteiger partial charge in [0.05, 0.1) is 65.1 Å². The molecule has 0 spiro atoms. The highest BCUT2D eigenvalue weighted by atomic mass is 16.6. The largest absolute Gasteiger partial charge is 0.393 e. The third-order valence-electron chi connectivity index (χ3n) is 43.0. The molecule has 678 valence electrons. The zero-order chi connectivity index (χ0) is 86.8.